The van der Waals surface area contributed by atoms with Gasteiger partial charge in [-0.1, -0.05) is 12.1 Å². The fraction of sp³-hybridized carbons (Fsp3) is 0.400. The molecule has 0 aliphatic carbocycles. The number of anilines is 2. The number of carbonyl (C=O) groups excluding carboxylic acids is 1. The van der Waals surface area contributed by atoms with Crippen LogP contribution in [0.2, 0.25) is 0 Å². The Labute approximate surface area is 208 Å². The molecule has 0 saturated carbocycles. The van der Waals surface area contributed by atoms with Gasteiger partial charge in [0.2, 0.25) is 5.91 Å². The lowest BCUT2D eigenvalue weighted by Crippen LogP contribution is -2.25. The molecule has 194 valence electrons. The van der Waals surface area contributed by atoms with Crippen molar-refractivity contribution in [1.29, 1.82) is 0 Å². The van der Waals surface area contributed by atoms with Gasteiger partial charge < -0.3 is 40.4 Å². The third kappa shape index (κ3) is 9.62. The fourth-order valence-corrected chi connectivity index (χ4v) is 3.30. The van der Waals surface area contributed by atoms with Gasteiger partial charge in [-0.2, -0.15) is 0 Å². The zero-order valence-electron chi connectivity index (χ0n) is 20.0. The average Bonchev–Trinajstić information content (AvgIpc) is 2.85. The van der Waals surface area contributed by atoms with Gasteiger partial charge in [0.1, 0.15) is 0 Å². The van der Waals surface area contributed by atoms with E-state index >= 15 is 0 Å². The zero-order valence-corrected chi connectivity index (χ0v) is 20.0. The predicted molar refractivity (Wildman–Crippen MR) is 136 cm³/mol. The molecule has 2 amide bonds. The molecule has 3 rings (SSSR count). The third-order valence-electron chi connectivity index (χ3n) is 5.03. The number of nitrogen functional groups attached to an aromatic ring is 1. The van der Waals surface area contributed by atoms with E-state index < -0.39 is 6.09 Å². The van der Waals surface area contributed by atoms with Crippen LogP contribution in [0.15, 0.2) is 42.5 Å². The van der Waals surface area contributed by atoms with Crippen LogP contribution < -0.4 is 16.4 Å². The number of hydrogen-bond donors (Lipinski definition) is 4. The second-order valence-corrected chi connectivity index (χ2v) is 7.83. The minimum absolute atomic E-state index is 0.144. The van der Waals surface area contributed by atoms with Gasteiger partial charge in [-0.15, -0.1) is 0 Å². The van der Waals surface area contributed by atoms with Crippen molar-refractivity contribution in [2.24, 2.45) is 0 Å². The molecule has 0 aliphatic heterocycles. The van der Waals surface area contributed by atoms with Crippen LogP contribution in [0.4, 0.5) is 16.2 Å². The Bertz CT molecular complexity index is 1140. The summed E-state index contributed by atoms with van der Waals surface area (Å²) in [5, 5.41) is 15.5. The molecule has 11 nitrogen and oxygen atoms in total. The van der Waals surface area contributed by atoms with Crippen LogP contribution in [0, 0.1) is 0 Å². The minimum atomic E-state index is -1.07. The first-order valence-corrected chi connectivity index (χ1v) is 11.7. The minimum Gasteiger partial charge on any atom is -0.465 e. The zero-order chi connectivity index (χ0) is 25.6. The molecule has 11 heteroatoms. The number of nitrogens with zero attached hydrogens (tertiary/aromatic N) is 1. The second kappa shape index (κ2) is 14.8. The predicted octanol–water partition coefficient (Wildman–Crippen LogP) is 2.63. The summed E-state index contributed by atoms with van der Waals surface area (Å²) in [6.45, 7) is 3.24. The summed E-state index contributed by atoms with van der Waals surface area (Å²) in [6, 6.07) is 13.3. The molecule has 0 saturated heterocycles. The molecule has 0 radical (unpaired) electrons. The lowest BCUT2D eigenvalue weighted by atomic mass is 10.1. The number of carbonyl (C=O) groups is 2. The molecule has 0 fully saturated rings. The number of nitrogens with two attached hydrogens (primary N) is 1. The number of nitrogens with one attached hydrogen (secondary N) is 2. The van der Waals surface area contributed by atoms with E-state index in [1.807, 2.05) is 42.5 Å². The smallest absolute Gasteiger partial charge is 0.404 e. The Morgan fingerprint density at radius 2 is 1.36 bits per heavy atom. The van der Waals surface area contributed by atoms with Crippen molar-refractivity contribution >= 4 is 45.2 Å². The molecule has 3 aromatic rings. The van der Waals surface area contributed by atoms with E-state index in [9.17, 15) is 9.59 Å². The number of pyridine rings is 1. The molecule has 36 heavy (non-hydrogen) atoms. The van der Waals surface area contributed by atoms with Gasteiger partial charge in [0.05, 0.1) is 70.3 Å². The number of carboxylic acid groups (broad SMARTS) is 1. The van der Waals surface area contributed by atoms with Crippen molar-refractivity contribution < 1.29 is 33.6 Å². The number of rotatable bonds is 16. The van der Waals surface area contributed by atoms with Crippen LogP contribution in [-0.4, -0.2) is 81.5 Å². The summed E-state index contributed by atoms with van der Waals surface area (Å²) < 4.78 is 21.4. The highest BCUT2D eigenvalue weighted by atomic mass is 16.6. The Kier molecular flexibility index (Phi) is 11.1. The van der Waals surface area contributed by atoms with E-state index in [4.69, 9.17) is 29.8 Å². The molecule has 0 aliphatic rings. The molecule has 0 bridgehead atoms. The van der Waals surface area contributed by atoms with Gasteiger partial charge in [-0.3, -0.25) is 4.79 Å². The van der Waals surface area contributed by atoms with Crippen LogP contribution in [-0.2, 0) is 23.7 Å². The van der Waals surface area contributed by atoms with Gasteiger partial charge in [-0.05, 0) is 30.3 Å². The quantitative estimate of drug-likeness (QED) is 0.132. The molecule has 5 N–H and O–H groups in total. The summed E-state index contributed by atoms with van der Waals surface area (Å²) in [7, 11) is 0. The highest BCUT2D eigenvalue weighted by Gasteiger charge is 2.06. The first-order chi connectivity index (χ1) is 17.5. The van der Waals surface area contributed by atoms with Crippen molar-refractivity contribution in [3.8, 4) is 0 Å². The van der Waals surface area contributed by atoms with E-state index in [0.717, 1.165) is 21.8 Å². The lowest BCUT2D eigenvalue weighted by molar-refractivity contribution is -0.117. The summed E-state index contributed by atoms with van der Waals surface area (Å²) in [5.74, 6) is -0.144. The third-order valence-corrected chi connectivity index (χ3v) is 5.03. The summed E-state index contributed by atoms with van der Waals surface area (Å²) in [6.07, 6.45) is -0.843. The van der Waals surface area contributed by atoms with Crippen LogP contribution in [0.1, 0.15) is 6.42 Å². The maximum atomic E-state index is 12.2. The molecule has 1 heterocycles. The van der Waals surface area contributed by atoms with Gasteiger partial charge in [0, 0.05) is 28.7 Å². The Morgan fingerprint density at radius 1 is 0.778 bits per heavy atom. The van der Waals surface area contributed by atoms with E-state index in [1.165, 1.54) is 0 Å². The van der Waals surface area contributed by atoms with E-state index in [0.29, 0.717) is 57.6 Å². The largest absolute Gasteiger partial charge is 0.465 e. The number of benzene rings is 2. The first kappa shape index (κ1) is 27.1. The van der Waals surface area contributed by atoms with Crippen LogP contribution in [0.3, 0.4) is 0 Å². The van der Waals surface area contributed by atoms with Crippen LogP contribution in [0.25, 0.3) is 21.8 Å². The highest BCUT2D eigenvalue weighted by Crippen LogP contribution is 2.24. The maximum absolute atomic E-state index is 12.2. The standard InChI is InChI=1S/C25H32N4O7/c26-20-3-1-18-15-19-2-4-21(17-23(19)29-22(18)16-20)28-24(30)5-7-33-9-11-35-13-14-36-12-10-34-8-6-27-25(31)32/h1-4,15-17,27H,5-14,26H2,(H,28,30)(H,31,32). The Hall–Kier alpha value is -3.51. The monoisotopic (exact) mass is 500 g/mol. The van der Waals surface area contributed by atoms with Crippen LogP contribution >= 0.6 is 0 Å². The first-order valence-electron chi connectivity index (χ1n) is 11.7. The number of hydrogen-bond acceptors (Lipinski definition) is 8. The Morgan fingerprint density at radius 3 is 2.03 bits per heavy atom. The van der Waals surface area contributed by atoms with Gasteiger partial charge in [0.15, 0.2) is 0 Å². The van der Waals surface area contributed by atoms with Crippen molar-refractivity contribution in [2.75, 3.05) is 70.5 Å². The molecule has 2 aromatic carbocycles. The summed E-state index contributed by atoms with van der Waals surface area (Å²) in [4.78, 5) is 27.1. The topological polar surface area (TPSA) is 154 Å². The van der Waals surface area contributed by atoms with E-state index in [2.05, 4.69) is 15.6 Å². The van der Waals surface area contributed by atoms with Crippen LogP contribution in [0.5, 0.6) is 0 Å². The van der Waals surface area contributed by atoms with Gasteiger partial charge in [0.25, 0.3) is 0 Å². The van der Waals surface area contributed by atoms with E-state index in [1.54, 1.807) is 0 Å². The maximum Gasteiger partial charge on any atom is 0.404 e. The van der Waals surface area contributed by atoms with Crippen molar-refractivity contribution in [2.45, 2.75) is 6.42 Å². The lowest BCUT2D eigenvalue weighted by Gasteiger charge is -2.09. The molecular weight excluding hydrogens is 468 g/mol. The molecular formula is C25H32N4O7. The summed E-state index contributed by atoms with van der Waals surface area (Å²) >= 11 is 0. The van der Waals surface area contributed by atoms with Crippen molar-refractivity contribution in [3.63, 3.8) is 0 Å². The number of ether oxygens (including phenoxy) is 4. The number of aromatic nitrogens is 1. The SMILES string of the molecule is Nc1ccc2cc3ccc(NC(=O)CCOCCOCCOCCOCCNC(=O)O)cc3nc2c1. The van der Waals surface area contributed by atoms with Crippen molar-refractivity contribution in [3.05, 3.63) is 42.5 Å². The molecule has 0 atom stereocenters. The second-order valence-electron chi connectivity index (χ2n) is 7.83. The van der Waals surface area contributed by atoms with E-state index in [-0.39, 0.29) is 25.5 Å². The fourth-order valence-electron chi connectivity index (χ4n) is 3.30. The molecule has 1 aromatic heterocycles. The molecule has 0 spiro atoms. The van der Waals surface area contributed by atoms with Gasteiger partial charge in [-0.25, -0.2) is 9.78 Å². The highest BCUT2D eigenvalue weighted by molar-refractivity contribution is 5.97. The molecule has 0 unspecified atom stereocenters. The average molecular weight is 501 g/mol. The number of fused-ring (bicyclic) bond motifs is 2. The number of amides is 2. The summed E-state index contributed by atoms with van der Waals surface area (Å²) in [5.41, 5.74) is 8.78. The van der Waals surface area contributed by atoms with Crippen molar-refractivity contribution in [1.82, 2.24) is 10.3 Å². The Balaban J connectivity index is 1.22. The normalized spacial score (nSPS) is 11.1. The van der Waals surface area contributed by atoms with Gasteiger partial charge >= 0.3 is 6.09 Å².